The zero-order chi connectivity index (χ0) is 7.33. The summed E-state index contributed by atoms with van der Waals surface area (Å²) in [6, 6.07) is 0. The van der Waals surface area contributed by atoms with Gasteiger partial charge in [0.2, 0.25) is 0 Å². The molecule has 0 aliphatic carbocycles. The molecule has 0 radical (unpaired) electrons. The van der Waals surface area contributed by atoms with Crippen molar-refractivity contribution in [1.29, 1.82) is 0 Å². The fourth-order valence-electron chi connectivity index (χ4n) is 0.774. The van der Waals surface area contributed by atoms with Gasteiger partial charge in [-0.25, -0.2) is 0 Å². The Morgan fingerprint density at radius 3 is 1.55 bits per heavy atom. The molecule has 0 N–H and O–H groups in total. The van der Waals surface area contributed by atoms with Crippen LogP contribution in [0.15, 0.2) is 25.3 Å². The van der Waals surface area contributed by atoms with Crippen molar-refractivity contribution >= 4 is 42.0 Å². The molecular formula is C8H18ClNNa+. The monoisotopic (exact) mass is 186 g/mol. The Balaban J connectivity index is -0.000000320. The summed E-state index contributed by atoms with van der Waals surface area (Å²) in [7, 11) is 4.31. The summed E-state index contributed by atoms with van der Waals surface area (Å²) in [6.45, 7) is 9.37. The van der Waals surface area contributed by atoms with Gasteiger partial charge in [-0.2, -0.15) is 0 Å². The molecule has 0 spiro atoms. The number of hydrogen-bond acceptors (Lipinski definition) is 0. The van der Waals surface area contributed by atoms with E-state index in [0.29, 0.717) is 0 Å². The second kappa shape index (κ2) is 8.82. The predicted molar refractivity (Wildman–Crippen MR) is 56.6 cm³/mol. The predicted octanol–water partition coefficient (Wildman–Crippen LogP) is 1.21. The van der Waals surface area contributed by atoms with E-state index in [4.69, 9.17) is 0 Å². The van der Waals surface area contributed by atoms with Crippen molar-refractivity contribution in [2.75, 3.05) is 27.2 Å². The molecule has 0 amide bonds. The van der Waals surface area contributed by atoms with Crippen LogP contribution in [0.1, 0.15) is 0 Å². The Morgan fingerprint density at radius 1 is 1.09 bits per heavy atom. The van der Waals surface area contributed by atoms with E-state index in [9.17, 15) is 0 Å². The van der Waals surface area contributed by atoms with Crippen molar-refractivity contribution in [3.63, 3.8) is 0 Å². The molecule has 0 aromatic rings. The van der Waals surface area contributed by atoms with Crippen LogP contribution in [0.4, 0.5) is 0 Å². The summed E-state index contributed by atoms with van der Waals surface area (Å²) >= 11 is 0. The molecule has 3 heteroatoms. The summed E-state index contributed by atoms with van der Waals surface area (Å²) in [5.41, 5.74) is 0. The molecule has 62 valence electrons. The number of nitrogens with zero attached hydrogens (tertiary/aromatic N) is 1. The summed E-state index contributed by atoms with van der Waals surface area (Å²) in [6.07, 6.45) is 3.87. The van der Waals surface area contributed by atoms with Gasteiger partial charge >= 0.3 is 29.6 Å². The van der Waals surface area contributed by atoms with Gasteiger partial charge in [0.15, 0.2) is 0 Å². The molecule has 0 heterocycles. The molecule has 0 atom stereocenters. The zero-order valence-corrected chi connectivity index (χ0v) is 7.66. The average molecular weight is 187 g/mol. The van der Waals surface area contributed by atoms with Crippen molar-refractivity contribution in [3.8, 4) is 0 Å². The molecule has 0 saturated carbocycles. The van der Waals surface area contributed by atoms with Crippen molar-refractivity contribution in [3.05, 3.63) is 25.3 Å². The first-order valence-electron chi connectivity index (χ1n) is 3.16. The Morgan fingerprint density at radius 2 is 1.36 bits per heavy atom. The molecule has 0 bridgehead atoms. The third-order valence-electron chi connectivity index (χ3n) is 1.25. The topological polar surface area (TPSA) is 0 Å². The van der Waals surface area contributed by atoms with Crippen LogP contribution in [-0.2, 0) is 0 Å². The minimum atomic E-state index is 0. The van der Waals surface area contributed by atoms with Gasteiger partial charge < -0.3 is 4.48 Å². The zero-order valence-electron chi connectivity index (χ0n) is 6.84. The van der Waals surface area contributed by atoms with E-state index in [1.165, 1.54) is 0 Å². The first kappa shape index (κ1) is 17.7. The van der Waals surface area contributed by atoms with E-state index < -0.39 is 0 Å². The standard InChI is InChI=1S/C8H16N.ClH.Na.H/c1-5-7-9(3,4)8-6-2;;;/h5-6H,1-2,7-8H2,3-4H3;1H;;/q+1;;;. The third-order valence-corrected chi connectivity index (χ3v) is 1.25. The number of likely N-dealkylation sites (N-methyl/N-ethyl adjacent to an activating group) is 1. The van der Waals surface area contributed by atoms with E-state index in [1.807, 2.05) is 12.2 Å². The number of hydrogen-bond donors (Lipinski definition) is 0. The maximum absolute atomic E-state index is 3.68. The number of quaternary nitrogens is 1. The molecule has 1 nitrogen and oxygen atoms in total. The third kappa shape index (κ3) is 10.7. The van der Waals surface area contributed by atoms with E-state index in [1.54, 1.807) is 0 Å². The normalized spacial score (nSPS) is 8.91. The van der Waals surface area contributed by atoms with Crippen molar-refractivity contribution < 1.29 is 4.48 Å². The van der Waals surface area contributed by atoms with Gasteiger partial charge in [-0.05, 0) is 12.2 Å². The van der Waals surface area contributed by atoms with Gasteiger partial charge in [0.05, 0.1) is 27.2 Å². The Labute approximate surface area is 98.5 Å². The Hall–Kier alpha value is 0.730. The van der Waals surface area contributed by atoms with Crippen LogP contribution in [0.3, 0.4) is 0 Å². The fraction of sp³-hybridized carbons (Fsp3) is 0.500. The second-order valence-corrected chi connectivity index (χ2v) is 2.88. The van der Waals surface area contributed by atoms with Crippen LogP contribution in [0.5, 0.6) is 0 Å². The van der Waals surface area contributed by atoms with Crippen LogP contribution < -0.4 is 0 Å². The van der Waals surface area contributed by atoms with Gasteiger partial charge in [-0.3, -0.25) is 0 Å². The molecule has 0 fully saturated rings. The molecule has 0 aromatic carbocycles. The van der Waals surface area contributed by atoms with Crippen molar-refractivity contribution in [2.24, 2.45) is 0 Å². The van der Waals surface area contributed by atoms with Gasteiger partial charge in [-0.1, -0.05) is 13.2 Å². The Bertz CT molecular complexity index is 101. The van der Waals surface area contributed by atoms with Crippen LogP contribution >= 0.6 is 12.4 Å². The molecule has 0 saturated heterocycles. The first-order chi connectivity index (χ1) is 4.12. The van der Waals surface area contributed by atoms with Crippen molar-refractivity contribution in [1.82, 2.24) is 0 Å². The Kier molecular flexibility index (Phi) is 14.2. The maximum atomic E-state index is 3.68. The van der Waals surface area contributed by atoms with E-state index in [2.05, 4.69) is 27.3 Å². The van der Waals surface area contributed by atoms with Crippen LogP contribution in [0, 0.1) is 0 Å². The summed E-state index contributed by atoms with van der Waals surface area (Å²) in [5, 5.41) is 0. The summed E-state index contributed by atoms with van der Waals surface area (Å²) in [5.74, 6) is 0. The minimum absolute atomic E-state index is 0. The first-order valence-corrected chi connectivity index (χ1v) is 3.16. The molecule has 0 unspecified atom stereocenters. The SMILES string of the molecule is C=CC[N+](C)(C)CC=C.Cl.[NaH]. The van der Waals surface area contributed by atoms with Gasteiger partial charge in [0.25, 0.3) is 0 Å². The van der Waals surface area contributed by atoms with Crippen LogP contribution in [0.25, 0.3) is 0 Å². The summed E-state index contributed by atoms with van der Waals surface area (Å²) in [4.78, 5) is 0. The van der Waals surface area contributed by atoms with E-state index in [0.717, 1.165) is 17.6 Å². The molecule has 0 aliphatic heterocycles. The van der Waals surface area contributed by atoms with E-state index in [-0.39, 0.29) is 42.0 Å². The van der Waals surface area contributed by atoms with E-state index >= 15 is 0 Å². The second-order valence-electron chi connectivity index (χ2n) is 2.88. The fourth-order valence-corrected chi connectivity index (χ4v) is 0.774. The van der Waals surface area contributed by atoms with Gasteiger partial charge in [-0.15, -0.1) is 12.4 Å². The molecule has 11 heavy (non-hydrogen) atoms. The molecule has 0 aliphatic rings. The van der Waals surface area contributed by atoms with Crippen LogP contribution in [-0.4, -0.2) is 61.2 Å². The number of halogens is 1. The van der Waals surface area contributed by atoms with Crippen LogP contribution in [0.2, 0.25) is 0 Å². The average Bonchev–Trinajstić information content (AvgIpc) is 1.64. The van der Waals surface area contributed by atoms with Crippen molar-refractivity contribution in [2.45, 2.75) is 0 Å². The van der Waals surface area contributed by atoms with Gasteiger partial charge in [0, 0.05) is 0 Å². The number of rotatable bonds is 4. The van der Waals surface area contributed by atoms with Gasteiger partial charge in [0.1, 0.15) is 0 Å². The molecular weight excluding hydrogens is 169 g/mol. The summed E-state index contributed by atoms with van der Waals surface area (Å²) < 4.78 is 0.951. The molecule has 0 rings (SSSR count). The molecule has 0 aromatic heterocycles. The quantitative estimate of drug-likeness (QED) is 0.352.